The van der Waals surface area contributed by atoms with Gasteiger partial charge in [-0.15, -0.1) is 0 Å². The molecule has 8 nitrogen and oxygen atoms in total. The van der Waals surface area contributed by atoms with E-state index in [-0.39, 0.29) is 6.09 Å². The van der Waals surface area contributed by atoms with Gasteiger partial charge in [-0.05, 0) is 26.8 Å². The number of likely N-dealkylation sites (N-methyl/N-ethyl adjacent to an activating group) is 1. The summed E-state index contributed by atoms with van der Waals surface area (Å²) in [6.45, 7) is 6.70. The van der Waals surface area contributed by atoms with Crippen molar-refractivity contribution in [2.75, 3.05) is 25.5 Å². The first-order valence-electron chi connectivity index (χ1n) is 8.87. The van der Waals surface area contributed by atoms with E-state index in [1.54, 1.807) is 22.8 Å². The van der Waals surface area contributed by atoms with Crippen LogP contribution in [0.15, 0.2) is 36.9 Å². The van der Waals surface area contributed by atoms with E-state index >= 15 is 0 Å². The standard InChI is InChI=1S/C19H26N6O2/c1-19(2,3)27-18(26)23(4)9-8-20-16-11-22-25-13-14(6-7-17(16)25)15-10-21-24(5)12-15/h6-7,10-13,20H,8-9H2,1-5H3. The molecule has 0 unspecified atom stereocenters. The predicted octanol–water partition coefficient (Wildman–Crippen LogP) is 3.01. The number of anilines is 1. The molecular formula is C19H26N6O2. The third kappa shape index (κ3) is 4.58. The van der Waals surface area contributed by atoms with Crippen molar-refractivity contribution in [2.24, 2.45) is 7.05 Å². The number of carbonyl (C=O) groups is 1. The van der Waals surface area contributed by atoms with Crippen molar-refractivity contribution >= 4 is 17.3 Å². The number of rotatable bonds is 5. The maximum atomic E-state index is 12.0. The van der Waals surface area contributed by atoms with Gasteiger partial charge in [-0.1, -0.05) is 6.07 Å². The molecule has 0 aliphatic rings. The fourth-order valence-corrected chi connectivity index (χ4v) is 2.65. The second-order valence-electron chi connectivity index (χ2n) is 7.54. The Balaban J connectivity index is 1.62. The van der Waals surface area contributed by atoms with Gasteiger partial charge in [0.05, 0.1) is 23.6 Å². The second kappa shape index (κ2) is 7.30. The Morgan fingerprint density at radius 2 is 1.96 bits per heavy atom. The van der Waals surface area contributed by atoms with E-state index in [1.807, 2.05) is 63.1 Å². The SMILES string of the molecule is CN(CCNc1cnn2cc(-c3cnn(C)c3)ccc12)C(=O)OC(C)(C)C. The molecule has 0 saturated heterocycles. The average Bonchev–Trinajstić information content (AvgIpc) is 3.19. The highest BCUT2D eigenvalue weighted by Crippen LogP contribution is 2.22. The number of nitrogens with zero attached hydrogens (tertiary/aromatic N) is 5. The van der Waals surface area contributed by atoms with E-state index in [0.717, 1.165) is 22.3 Å². The van der Waals surface area contributed by atoms with Crippen molar-refractivity contribution < 1.29 is 9.53 Å². The summed E-state index contributed by atoms with van der Waals surface area (Å²) in [4.78, 5) is 13.5. The van der Waals surface area contributed by atoms with Gasteiger partial charge in [0.1, 0.15) is 5.60 Å². The molecule has 0 aliphatic heterocycles. The number of hydrogen-bond acceptors (Lipinski definition) is 5. The van der Waals surface area contributed by atoms with Crippen LogP contribution in [-0.4, -0.2) is 56.1 Å². The number of amides is 1. The number of hydrogen-bond donors (Lipinski definition) is 1. The van der Waals surface area contributed by atoms with Crippen molar-refractivity contribution in [3.63, 3.8) is 0 Å². The lowest BCUT2D eigenvalue weighted by molar-refractivity contribution is 0.0305. The summed E-state index contributed by atoms with van der Waals surface area (Å²) in [5, 5.41) is 11.9. The number of aromatic nitrogens is 4. The summed E-state index contributed by atoms with van der Waals surface area (Å²) in [7, 11) is 3.62. The molecule has 0 spiro atoms. The normalized spacial score (nSPS) is 11.6. The number of ether oxygens (including phenoxy) is 1. The van der Waals surface area contributed by atoms with Crippen LogP contribution in [0.5, 0.6) is 0 Å². The lowest BCUT2D eigenvalue weighted by atomic mass is 10.1. The van der Waals surface area contributed by atoms with Gasteiger partial charge < -0.3 is 15.0 Å². The summed E-state index contributed by atoms with van der Waals surface area (Å²) < 4.78 is 8.96. The first kappa shape index (κ1) is 18.8. The molecular weight excluding hydrogens is 344 g/mol. The molecule has 0 saturated carbocycles. The highest BCUT2D eigenvalue weighted by Gasteiger charge is 2.19. The van der Waals surface area contributed by atoms with Crippen LogP contribution >= 0.6 is 0 Å². The summed E-state index contributed by atoms with van der Waals surface area (Å²) in [6, 6.07) is 4.07. The molecule has 144 valence electrons. The first-order valence-corrected chi connectivity index (χ1v) is 8.87. The Kier molecular flexibility index (Phi) is 5.07. The third-order valence-corrected chi connectivity index (χ3v) is 4.02. The molecule has 3 rings (SSSR count). The van der Waals surface area contributed by atoms with E-state index in [0.29, 0.717) is 13.1 Å². The van der Waals surface area contributed by atoms with Crippen LogP contribution in [-0.2, 0) is 11.8 Å². The molecule has 3 aromatic heterocycles. The first-order chi connectivity index (χ1) is 12.7. The molecule has 0 aromatic carbocycles. The van der Waals surface area contributed by atoms with Gasteiger partial charge in [-0.3, -0.25) is 4.68 Å². The number of nitrogens with one attached hydrogen (secondary N) is 1. The van der Waals surface area contributed by atoms with Crippen LogP contribution < -0.4 is 5.32 Å². The minimum Gasteiger partial charge on any atom is -0.444 e. The number of carbonyl (C=O) groups excluding carboxylic acids is 1. The fourth-order valence-electron chi connectivity index (χ4n) is 2.65. The Labute approximate surface area is 158 Å². The Bertz CT molecular complexity index is 937. The molecule has 3 heterocycles. The zero-order chi connectivity index (χ0) is 19.6. The molecule has 27 heavy (non-hydrogen) atoms. The van der Waals surface area contributed by atoms with Crippen molar-refractivity contribution in [1.82, 2.24) is 24.3 Å². The van der Waals surface area contributed by atoms with Gasteiger partial charge in [-0.25, -0.2) is 9.31 Å². The quantitative estimate of drug-likeness (QED) is 0.747. The summed E-state index contributed by atoms with van der Waals surface area (Å²) in [6.07, 6.45) is 7.23. The zero-order valence-corrected chi connectivity index (χ0v) is 16.4. The highest BCUT2D eigenvalue weighted by molar-refractivity contribution is 5.74. The van der Waals surface area contributed by atoms with Crippen LogP contribution in [0.25, 0.3) is 16.6 Å². The van der Waals surface area contributed by atoms with Crippen LogP contribution in [0.1, 0.15) is 20.8 Å². The van der Waals surface area contributed by atoms with Crippen LogP contribution in [0.2, 0.25) is 0 Å². The maximum absolute atomic E-state index is 12.0. The van der Waals surface area contributed by atoms with Gasteiger partial charge in [0, 0.05) is 50.7 Å². The van der Waals surface area contributed by atoms with E-state index in [1.165, 1.54) is 0 Å². The Morgan fingerprint density at radius 1 is 1.19 bits per heavy atom. The average molecular weight is 370 g/mol. The van der Waals surface area contributed by atoms with Crippen molar-refractivity contribution in [2.45, 2.75) is 26.4 Å². The van der Waals surface area contributed by atoms with E-state index in [4.69, 9.17) is 4.74 Å². The predicted molar refractivity (Wildman–Crippen MR) is 105 cm³/mol. The van der Waals surface area contributed by atoms with Crippen molar-refractivity contribution in [3.8, 4) is 11.1 Å². The number of fused-ring (bicyclic) bond motifs is 1. The smallest absolute Gasteiger partial charge is 0.410 e. The van der Waals surface area contributed by atoms with Gasteiger partial charge >= 0.3 is 6.09 Å². The third-order valence-electron chi connectivity index (χ3n) is 4.02. The molecule has 0 fully saturated rings. The van der Waals surface area contributed by atoms with Crippen LogP contribution in [0, 0.1) is 0 Å². The molecule has 0 bridgehead atoms. The molecule has 0 radical (unpaired) electrons. The lowest BCUT2D eigenvalue weighted by Gasteiger charge is -2.24. The fraction of sp³-hybridized carbons (Fsp3) is 0.421. The molecule has 8 heteroatoms. The van der Waals surface area contributed by atoms with Gasteiger partial charge in [0.15, 0.2) is 0 Å². The van der Waals surface area contributed by atoms with E-state index < -0.39 is 5.60 Å². The minimum absolute atomic E-state index is 0.328. The number of aryl methyl sites for hydroxylation is 1. The highest BCUT2D eigenvalue weighted by atomic mass is 16.6. The van der Waals surface area contributed by atoms with E-state index in [2.05, 4.69) is 15.5 Å². The van der Waals surface area contributed by atoms with Gasteiger partial charge in [-0.2, -0.15) is 10.2 Å². The zero-order valence-electron chi connectivity index (χ0n) is 16.4. The topological polar surface area (TPSA) is 76.7 Å². The van der Waals surface area contributed by atoms with Crippen LogP contribution in [0.3, 0.4) is 0 Å². The molecule has 1 N–H and O–H groups in total. The van der Waals surface area contributed by atoms with Crippen molar-refractivity contribution in [3.05, 3.63) is 36.9 Å². The van der Waals surface area contributed by atoms with Gasteiger partial charge in [0.2, 0.25) is 0 Å². The molecule has 0 atom stereocenters. The largest absolute Gasteiger partial charge is 0.444 e. The van der Waals surface area contributed by atoms with Gasteiger partial charge in [0.25, 0.3) is 0 Å². The van der Waals surface area contributed by atoms with E-state index in [9.17, 15) is 4.79 Å². The Hall–Kier alpha value is -3.03. The Morgan fingerprint density at radius 3 is 2.63 bits per heavy atom. The molecule has 0 aliphatic carbocycles. The number of pyridine rings is 1. The maximum Gasteiger partial charge on any atom is 0.410 e. The van der Waals surface area contributed by atoms with Crippen LogP contribution in [0.4, 0.5) is 10.5 Å². The lowest BCUT2D eigenvalue weighted by Crippen LogP contribution is -2.36. The van der Waals surface area contributed by atoms with Crippen molar-refractivity contribution in [1.29, 1.82) is 0 Å². The summed E-state index contributed by atoms with van der Waals surface area (Å²) in [5.41, 5.74) is 3.50. The second-order valence-corrected chi connectivity index (χ2v) is 7.54. The monoisotopic (exact) mass is 370 g/mol. The molecule has 1 amide bonds. The molecule has 3 aromatic rings. The summed E-state index contributed by atoms with van der Waals surface area (Å²) in [5.74, 6) is 0. The minimum atomic E-state index is -0.493. The summed E-state index contributed by atoms with van der Waals surface area (Å²) >= 11 is 0.